The van der Waals surface area contributed by atoms with Crippen molar-refractivity contribution in [2.24, 2.45) is 0 Å². The van der Waals surface area contributed by atoms with Crippen molar-refractivity contribution in [1.29, 1.82) is 0 Å². The molecule has 0 aromatic heterocycles. The molecule has 0 saturated carbocycles. The van der Waals surface area contributed by atoms with Crippen LogP contribution < -0.4 is 5.32 Å². The van der Waals surface area contributed by atoms with Gasteiger partial charge in [0.1, 0.15) is 0 Å². The fourth-order valence-electron chi connectivity index (χ4n) is 2.77. The summed E-state index contributed by atoms with van der Waals surface area (Å²) >= 11 is 0. The molecule has 0 heterocycles. The van der Waals surface area contributed by atoms with Gasteiger partial charge in [0.2, 0.25) is 11.7 Å². The summed E-state index contributed by atoms with van der Waals surface area (Å²) in [4.78, 5) is 46.6. The predicted molar refractivity (Wildman–Crippen MR) is 113 cm³/mol. The number of nitrogens with one attached hydrogen (secondary N) is 1. The first-order valence-electron chi connectivity index (χ1n) is 9.31. The number of benzene rings is 3. The number of ether oxygens (including phenoxy) is 1. The number of hydrogen-bond acceptors (Lipinski definition) is 6. The van der Waals surface area contributed by atoms with Crippen LogP contribution in [0.5, 0.6) is 0 Å². The number of amides is 1. The predicted octanol–water partition coefficient (Wildman–Crippen LogP) is 3.82. The highest BCUT2D eigenvalue weighted by atomic mass is 16.6. The first kappa shape index (κ1) is 21.4. The molecule has 0 aliphatic heterocycles. The normalized spacial score (nSPS) is 10.2. The minimum Gasteiger partial charge on any atom is -0.454 e. The van der Waals surface area contributed by atoms with E-state index in [0.29, 0.717) is 5.69 Å². The Hall–Kier alpha value is -4.33. The van der Waals surface area contributed by atoms with E-state index in [9.17, 15) is 24.5 Å². The molecule has 0 spiro atoms. The largest absolute Gasteiger partial charge is 0.454 e. The maximum absolute atomic E-state index is 12.2. The molecule has 0 aliphatic rings. The molecule has 0 aliphatic carbocycles. The van der Waals surface area contributed by atoms with Gasteiger partial charge in [-0.3, -0.25) is 19.7 Å². The molecular weight excluding hydrogens is 400 g/mol. The lowest BCUT2D eigenvalue weighted by Gasteiger charge is -2.07. The first-order chi connectivity index (χ1) is 14.9. The Morgan fingerprint density at radius 3 is 2.26 bits per heavy atom. The molecule has 3 rings (SSSR count). The lowest BCUT2D eigenvalue weighted by Crippen LogP contribution is -2.15. The molecule has 8 heteroatoms. The molecule has 0 unspecified atom stereocenters. The number of hydrogen-bond donors (Lipinski definition) is 1. The third kappa shape index (κ3) is 6.07. The highest BCUT2D eigenvalue weighted by molar-refractivity contribution is 6.00. The van der Waals surface area contributed by atoms with Crippen molar-refractivity contribution in [2.45, 2.75) is 6.42 Å². The van der Waals surface area contributed by atoms with Gasteiger partial charge in [-0.1, -0.05) is 42.5 Å². The van der Waals surface area contributed by atoms with Gasteiger partial charge in [0.25, 0.3) is 5.69 Å². The molecular formula is C23H18N2O6. The molecule has 31 heavy (non-hydrogen) atoms. The average molecular weight is 418 g/mol. The van der Waals surface area contributed by atoms with E-state index in [2.05, 4.69) is 5.32 Å². The number of non-ortho nitro benzene ring substituents is 1. The number of anilines is 1. The van der Waals surface area contributed by atoms with E-state index in [0.717, 1.165) is 11.6 Å². The lowest BCUT2D eigenvalue weighted by molar-refractivity contribution is -0.384. The molecule has 3 aromatic carbocycles. The molecule has 8 nitrogen and oxygen atoms in total. The van der Waals surface area contributed by atoms with Crippen LogP contribution in [-0.4, -0.2) is 29.2 Å². The van der Waals surface area contributed by atoms with Crippen molar-refractivity contribution in [3.63, 3.8) is 0 Å². The molecule has 0 atom stereocenters. The molecule has 1 amide bonds. The number of rotatable bonds is 8. The SMILES string of the molecule is O=C(Cc1ccccc1)Nc1ccc(C(=O)OCC(=O)c2cccc([N+](=O)[O-])c2)cc1. The van der Waals surface area contributed by atoms with Crippen LogP contribution in [0.4, 0.5) is 11.4 Å². The minimum atomic E-state index is -0.721. The quantitative estimate of drug-likeness (QED) is 0.257. The van der Waals surface area contributed by atoms with Gasteiger partial charge in [-0.05, 0) is 29.8 Å². The summed E-state index contributed by atoms with van der Waals surface area (Å²) in [5.41, 5.74) is 1.47. The number of Topliss-reactive ketones (excluding diaryl/α,β-unsaturated/α-hetero) is 1. The summed E-state index contributed by atoms with van der Waals surface area (Å²) in [5, 5.41) is 13.5. The van der Waals surface area contributed by atoms with Gasteiger partial charge < -0.3 is 10.1 Å². The van der Waals surface area contributed by atoms with E-state index in [-0.39, 0.29) is 29.1 Å². The van der Waals surface area contributed by atoms with Gasteiger partial charge in [-0.2, -0.15) is 0 Å². The zero-order valence-corrected chi connectivity index (χ0v) is 16.3. The maximum Gasteiger partial charge on any atom is 0.338 e. The Labute approximate surface area is 177 Å². The van der Waals surface area contributed by atoms with E-state index >= 15 is 0 Å². The van der Waals surface area contributed by atoms with Crippen molar-refractivity contribution in [3.8, 4) is 0 Å². The number of carbonyl (C=O) groups is 3. The van der Waals surface area contributed by atoms with E-state index in [1.807, 2.05) is 30.3 Å². The van der Waals surface area contributed by atoms with Crippen LogP contribution in [0.15, 0.2) is 78.9 Å². The average Bonchev–Trinajstić information content (AvgIpc) is 2.78. The summed E-state index contributed by atoms with van der Waals surface area (Å²) in [7, 11) is 0. The van der Waals surface area contributed by atoms with Gasteiger partial charge in [0.15, 0.2) is 6.61 Å². The third-order valence-corrected chi connectivity index (χ3v) is 4.33. The van der Waals surface area contributed by atoms with Crippen molar-refractivity contribution >= 4 is 29.0 Å². The second-order valence-corrected chi connectivity index (χ2v) is 6.59. The second-order valence-electron chi connectivity index (χ2n) is 6.59. The van der Waals surface area contributed by atoms with Crippen LogP contribution in [0.3, 0.4) is 0 Å². The van der Waals surface area contributed by atoms with Crippen LogP contribution in [0.1, 0.15) is 26.3 Å². The summed E-state index contributed by atoms with van der Waals surface area (Å²) in [6.45, 7) is -0.546. The van der Waals surface area contributed by atoms with E-state index < -0.39 is 23.3 Å². The van der Waals surface area contributed by atoms with Crippen LogP contribution in [0, 0.1) is 10.1 Å². The van der Waals surface area contributed by atoms with E-state index in [1.54, 1.807) is 12.1 Å². The second kappa shape index (κ2) is 9.93. The lowest BCUT2D eigenvalue weighted by atomic mass is 10.1. The van der Waals surface area contributed by atoms with Crippen molar-refractivity contribution in [3.05, 3.63) is 106 Å². The van der Waals surface area contributed by atoms with Crippen molar-refractivity contribution in [2.75, 3.05) is 11.9 Å². The Bertz CT molecular complexity index is 1110. The van der Waals surface area contributed by atoms with Crippen LogP contribution in [-0.2, 0) is 16.0 Å². The smallest absolute Gasteiger partial charge is 0.338 e. The molecule has 0 fully saturated rings. The number of ketones is 1. The maximum atomic E-state index is 12.2. The molecule has 1 N–H and O–H groups in total. The van der Waals surface area contributed by atoms with E-state index in [4.69, 9.17) is 4.74 Å². The third-order valence-electron chi connectivity index (χ3n) is 4.33. The van der Waals surface area contributed by atoms with Gasteiger partial charge in [0.05, 0.1) is 16.9 Å². The van der Waals surface area contributed by atoms with Crippen molar-refractivity contribution in [1.82, 2.24) is 0 Å². The summed E-state index contributed by atoms with van der Waals surface area (Å²) < 4.78 is 5.00. The molecule has 0 radical (unpaired) electrons. The molecule has 3 aromatic rings. The Morgan fingerprint density at radius 1 is 0.871 bits per heavy atom. The zero-order chi connectivity index (χ0) is 22.2. The number of carbonyl (C=O) groups excluding carboxylic acids is 3. The van der Waals surface area contributed by atoms with Gasteiger partial charge >= 0.3 is 5.97 Å². The van der Waals surface area contributed by atoms with Crippen LogP contribution in [0.25, 0.3) is 0 Å². The fourth-order valence-corrected chi connectivity index (χ4v) is 2.77. The molecule has 0 saturated heterocycles. The zero-order valence-electron chi connectivity index (χ0n) is 16.3. The Kier molecular flexibility index (Phi) is 6.85. The molecule has 0 bridgehead atoms. The van der Waals surface area contributed by atoms with Gasteiger partial charge in [-0.25, -0.2) is 4.79 Å². The fraction of sp³-hybridized carbons (Fsp3) is 0.0870. The Morgan fingerprint density at radius 2 is 1.58 bits per heavy atom. The molecule has 156 valence electrons. The van der Waals surface area contributed by atoms with Crippen molar-refractivity contribution < 1.29 is 24.0 Å². The van der Waals surface area contributed by atoms with Gasteiger partial charge in [-0.15, -0.1) is 0 Å². The summed E-state index contributed by atoms with van der Waals surface area (Å²) in [6, 6.07) is 20.5. The van der Waals surface area contributed by atoms with Crippen LogP contribution >= 0.6 is 0 Å². The van der Waals surface area contributed by atoms with Gasteiger partial charge in [0, 0.05) is 23.4 Å². The monoisotopic (exact) mass is 418 g/mol. The standard InChI is InChI=1S/C23H18N2O6/c26-21(18-7-4-8-20(14-18)25(29)30)15-31-23(28)17-9-11-19(12-10-17)24-22(27)13-16-5-2-1-3-6-16/h1-12,14H,13,15H2,(H,24,27). The van der Waals surface area contributed by atoms with Crippen LogP contribution in [0.2, 0.25) is 0 Å². The number of nitrogens with zero attached hydrogens (tertiary/aromatic N) is 1. The Balaban J connectivity index is 1.53. The highest BCUT2D eigenvalue weighted by Crippen LogP contribution is 2.15. The first-order valence-corrected chi connectivity index (χ1v) is 9.31. The summed E-state index contributed by atoms with van der Waals surface area (Å²) in [5.74, 6) is -1.47. The number of esters is 1. The highest BCUT2D eigenvalue weighted by Gasteiger charge is 2.15. The number of nitro groups is 1. The number of nitro benzene ring substituents is 1. The minimum absolute atomic E-state index is 0.0819. The summed E-state index contributed by atoms with van der Waals surface area (Å²) in [6.07, 6.45) is 0.227. The topological polar surface area (TPSA) is 116 Å². The van der Waals surface area contributed by atoms with E-state index in [1.165, 1.54) is 30.3 Å².